The van der Waals surface area contributed by atoms with Crippen LogP contribution in [0.3, 0.4) is 0 Å². The molecule has 2 aromatic rings. The summed E-state index contributed by atoms with van der Waals surface area (Å²) in [4.78, 5) is 4.28. The number of aryl methyl sites for hydroxylation is 1. The van der Waals surface area contributed by atoms with E-state index in [9.17, 15) is 0 Å². The normalized spacial score (nSPS) is 11.2. The Kier molecular flexibility index (Phi) is 5.46. The van der Waals surface area contributed by atoms with Gasteiger partial charge in [-0.05, 0) is 31.2 Å². The number of hydrogen-bond donors (Lipinski definition) is 1. The van der Waals surface area contributed by atoms with Gasteiger partial charge in [-0.25, -0.2) is 4.98 Å². The highest BCUT2D eigenvalue weighted by atomic mass is 35.5. The van der Waals surface area contributed by atoms with E-state index < -0.39 is 0 Å². The highest BCUT2D eigenvalue weighted by Gasteiger charge is 2.10. The minimum absolute atomic E-state index is 0.500. The molecule has 20 heavy (non-hydrogen) atoms. The molecule has 0 aliphatic heterocycles. The second kappa shape index (κ2) is 7.11. The lowest BCUT2D eigenvalue weighted by atomic mass is 10.2. The summed E-state index contributed by atoms with van der Waals surface area (Å²) >= 11 is 12.1. The zero-order chi connectivity index (χ0) is 14.5. The summed E-state index contributed by atoms with van der Waals surface area (Å²) < 4.78 is 5.73. The third-order valence-corrected chi connectivity index (χ3v) is 3.43. The van der Waals surface area contributed by atoms with E-state index in [-0.39, 0.29) is 0 Å². The molecule has 2 rings (SSSR count). The zero-order valence-electron chi connectivity index (χ0n) is 11.6. The summed E-state index contributed by atoms with van der Waals surface area (Å²) in [6.07, 6.45) is 3.49. The molecule has 0 saturated carbocycles. The number of hydrogen-bond acceptors (Lipinski definition) is 3. The third kappa shape index (κ3) is 4.23. The molecule has 0 spiro atoms. The molecule has 1 aromatic heterocycles. The third-order valence-electron chi connectivity index (χ3n) is 2.87. The molecule has 0 aliphatic rings. The summed E-state index contributed by atoms with van der Waals surface area (Å²) in [7, 11) is 0. The van der Waals surface area contributed by atoms with E-state index in [4.69, 9.17) is 27.6 Å². The molecule has 0 unspecified atom stereocenters. The van der Waals surface area contributed by atoms with Crippen molar-refractivity contribution in [1.29, 1.82) is 0 Å². The number of nitrogens with one attached hydrogen (secondary N) is 1. The minimum Gasteiger partial charge on any atom is -0.441 e. The molecule has 1 heterocycles. The maximum atomic E-state index is 6.15. The van der Waals surface area contributed by atoms with E-state index in [0.29, 0.717) is 21.8 Å². The summed E-state index contributed by atoms with van der Waals surface area (Å²) in [5, 5.41) is 4.60. The van der Waals surface area contributed by atoms with E-state index in [1.54, 1.807) is 24.4 Å². The molecule has 0 amide bonds. The van der Waals surface area contributed by atoms with Crippen LogP contribution in [0.1, 0.15) is 26.2 Å². The van der Waals surface area contributed by atoms with Crippen molar-refractivity contribution in [2.24, 2.45) is 0 Å². The van der Waals surface area contributed by atoms with Gasteiger partial charge in [-0.2, -0.15) is 0 Å². The van der Waals surface area contributed by atoms with Gasteiger partial charge in [0.15, 0.2) is 11.7 Å². The van der Waals surface area contributed by atoms with Gasteiger partial charge in [-0.1, -0.05) is 37.0 Å². The van der Waals surface area contributed by atoms with Gasteiger partial charge in [0.25, 0.3) is 0 Å². The molecule has 5 heteroatoms. The Hall–Kier alpha value is -1.03. The second-order valence-electron chi connectivity index (χ2n) is 4.95. The predicted molar refractivity (Wildman–Crippen MR) is 83.4 cm³/mol. The lowest BCUT2D eigenvalue weighted by Crippen LogP contribution is -2.23. The molecule has 0 atom stereocenters. The quantitative estimate of drug-likeness (QED) is 0.793. The van der Waals surface area contributed by atoms with Gasteiger partial charge in [-0.3, -0.25) is 0 Å². The van der Waals surface area contributed by atoms with Gasteiger partial charge >= 0.3 is 0 Å². The number of aromatic nitrogens is 1. The first-order valence-corrected chi connectivity index (χ1v) is 7.45. The maximum absolute atomic E-state index is 6.15. The Morgan fingerprint density at radius 2 is 2.10 bits per heavy atom. The summed E-state index contributed by atoms with van der Waals surface area (Å²) in [6.45, 7) is 5.21. The monoisotopic (exact) mass is 312 g/mol. The number of halogens is 2. The molecular weight excluding hydrogens is 295 g/mol. The van der Waals surface area contributed by atoms with Gasteiger partial charge in [0.1, 0.15) is 0 Å². The second-order valence-corrected chi connectivity index (χ2v) is 5.80. The molecule has 0 saturated heterocycles. The minimum atomic E-state index is 0.500. The van der Waals surface area contributed by atoms with Crippen molar-refractivity contribution in [3.8, 4) is 11.3 Å². The maximum Gasteiger partial charge on any atom is 0.194 e. The molecule has 0 fully saturated rings. The Balaban J connectivity index is 2.00. The molecule has 0 radical (unpaired) electrons. The van der Waals surface area contributed by atoms with Gasteiger partial charge in [0.05, 0.1) is 11.2 Å². The Labute approximate surface area is 129 Å². The van der Waals surface area contributed by atoms with Crippen LogP contribution in [-0.2, 0) is 6.42 Å². The topological polar surface area (TPSA) is 38.1 Å². The van der Waals surface area contributed by atoms with Gasteiger partial charge in [0.2, 0.25) is 0 Å². The van der Waals surface area contributed by atoms with Crippen LogP contribution in [0, 0.1) is 0 Å². The average molecular weight is 313 g/mol. The molecule has 3 nitrogen and oxygen atoms in total. The van der Waals surface area contributed by atoms with Crippen LogP contribution in [0.2, 0.25) is 10.0 Å². The highest BCUT2D eigenvalue weighted by Crippen LogP contribution is 2.31. The fourth-order valence-corrected chi connectivity index (χ4v) is 2.25. The van der Waals surface area contributed by atoms with Crippen molar-refractivity contribution in [2.75, 3.05) is 6.54 Å². The van der Waals surface area contributed by atoms with E-state index in [1.165, 1.54) is 0 Å². The van der Waals surface area contributed by atoms with Crippen molar-refractivity contribution in [3.05, 3.63) is 40.3 Å². The van der Waals surface area contributed by atoms with Gasteiger partial charge in [-0.15, -0.1) is 0 Å². The standard InChI is InChI=1S/C15H18Cl2N2O/c1-10(2)18-7-3-4-15-19-9-14(20-15)12-8-11(16)5-6-13(12)17/h5-6,8-10,18H,3-4,7H2,1-2H3. The van der Waals surface area contributed by atoms with Crippen molar-refractivity contribution in [3.63, 3.8) is 0 Å². The fraction of sp³-hybridized carbons (Fsp3) is 0.400. The van der Waals surface area contributed by atoms with Crippen molar-refractivity contribution in [2.45, 2.75) is 32.7 Å². The summed E-state index contributed by atoms with van der Waals surface area (Å²) in [5.41, 5.74) is 0.776. The molecule has 0 bridgehead atoms. The van der Waals surface area contributed by atoms with Gasteiger partial charge in [0, 0.05) is 23.0 Å². The Bertz CT molecular complexity index is 567. The zero-order valence-corrected chi connectivity index (χ0v) is 13.1. The van der Waals surface area contributed by atoms with Crippen molar-refractivity contribution in [1.82, 2.24) is 10.3 Å². The highest BCUT2D eigenvalue weighted by molar-refractivity contribution is 6.35. The first kappa shape index (κ1) is 15.4. The largest absolute Gasteiger partial charge is 0.441 e. The first-order chi connectivity index (χ1) is 9.56. The van der Waals surface area contributed by atoms with Gasteiger partial charge < -0.3 is 9.73 Å². The van der Waals surface area contributed by atoms with Crippen LogP contribution in [0.4, 0.5) is 0 Å². The molecule has 0 aliphatic carbocycles. The fourth-order valence-electron chi connectivity index (χ4n) is 1.87. The van der Waals surface area contributed by atoms with Crippen LogP contribution in [0.15, 0.2) is 28.8 Å². The van der Waals surface area contributed by atoms with Crippen LogP contribution in [0.5, 0.6) is 0 Å². The van der Waals surface area contributed by atoms with Crippen molar-refractivity contribution < 1.29 is 4.42 Å². The average Bonchev–Trinajstić information content (AvgIpc) is 2.86. The number of oxazole rings is 1. The summed E-state index contributed by atoms with van der Waals surface area (Å²) in [6, 6.07) is 5.80. The number of nitrogens with zero attached hydrogens (tertiary/aromatic N) is 1. The van der Waals surface area contributed by atoms with E-state index in [0.717, 1.165) is 30.8 Å². The molecule has 108 valence electrons. The Morgan fingerprint density at radius 3 is 2.85 bits per heavy atom. The summed E-state index contributed by atoms with van der Waals surface area (Å²) in [5.74, 6) is 1.38. The number of rotatable bonds is 6. The van der Waals surface area contributed by atoms with Crippen LogP contribution in [-0.4, -0.2) is 17.6 Å². The smallest absolute Gasteiger partial charge is 0.194 e. The lowest BCUT2D eigenvalue weighted by molar-refractivity contribution is 0.484. The molecule has 1 N–H and O–H groups in total. The Morgan fingerprint density at radius 1 is 1.30 bits per heavy atom. The SMILES string of the molecule is CC(C)NCCCc1ncc(-c2cc(Cl)ccc2Cl)o1. The van der Waals surface area contributed by atoms with Crippen molar-refractivity contribution >= 4 is 23.2 Å². The lowest BCUT2D eigenvalue weighted by Gasteiger charge is -2.06. The van der Waals surface area contributed by atoms with Crippen LogP contribution < -0.4 is 5.32 Å². The predicted octanol–water partition coefficient (Wildman–Crippen LogP) is 4.58. The molecule has 1 aromatic carbocycles. The molecular formula is C15H18Cl2N2O. The van der Waals surface area contributed by atoms with E-state index in [2.05, 4.69) is 24.1 Å². The first-order valence-electron chi connectivity index (χ1n) is 6.70. The van der Waals surface area contributed by atoms with E-state index >= 15 is 0 Å². The van der Waals surface area contributed by atoms with E-state index in [1.807, 2.05) is 0 Å². The van der Waals surface area contributed by atoms with Crippen LogP contribution in [0.25, 0.3) is 11.3 Å². The number of benzene rings is 1. The van der Waals surface area contributed by atoms with Crippen LogP contribution >= 0.6 is 23.2 Å².